The van der Waals surface area contributed by atoms with Crippen molar-refractivity contribution in [3.05, 3.63) is 0 Å². The quantitative estimate of drug-likeness (QED) is 0.381. The van der Waals surface area contributed by atoms with Crippen molar-refractivity contribution in [3.63, 3.8) is 0 Å². The van der Waals surface area contributed by atoms with E-state index in [0.29, 0.717) is 0 Å². The lowest BCUT2D eigenvalue weighted by molar-refractivity contribution is 0.275. The van der Waals surface area contributed by atoms with Crippen LogP contribution in [0.15, 0.2) is 0 Å². The second-order valence-electron chi connectivity index (χ2n) is 3.89. The first kappa shape index (κ1) is 17.0. The highest BCUT2D eigenvalue weighted by molar-refractivity contribution is 7.91. The number of rotatable bonds is 2. The number of piperidine rings is 1. The van der Waals surface area contributed by atoms with Crippen LogP contribution < -0.4 is 11.1 Å². The third-order valence-electron chi connectivity index (χ3n) is 2.34. The Balaban J connectivity index is 0.000000437. The molecule has 1 atom stereocenters. The summed E-state index contributed by atoms with van der Waals surface area (Å²) in [4.78, 5) is 21.6. The molecule has 0 saturated carbocycles. The molecule has 0 aliphatic carbocycles. The molecule has 1 rings (SSSR count). The van der Waals surface area contributed by atoms with Gasteiger partial charge in [-0.1, -0.05) is 0 Å². The Labute approximate surface area is 100 Å². The van der Waals surface area contributed by atoms with Gasteiger partial charge in [-0.05, 0) is 31.8 Å². The fraction of sp³-hybridized carbons (Fsp3) is 1.00. The summed E-state index contributed by atoms with van der Waals surface area (Å²) in [5.41, 5.74) is 5.61. The number of nitrogens with two attached hydrogens (primary N) is 1. The van der Waals surface area contributed by atoms with Crippen molar-refractivity contribution in [2.24, 2.45) is 11.7 Å². The summed E-state index contributed by atoms with van der Waals surface area (Å²) < 4.78 is 31.1. The highest BCUT2D eigenvalue weighted by Crippen LogP contribution is 2.25. The van der Waals surface area contributed by atoms with Crippen molar-refractivity contribution in [2.75, 3.05) is 19.3 Å². The Morgan fingerprint density at radius 1 is 1.29 bits per heavy atom. The molecule has 1 aliphatic rings. The zero-order chi connectivity index (χ0) is 13.7. The van der Waals surface area contributed by atoms with Crippen LogP contribution >= 0.6 is 7.82 Å². The van der Waals surface area contributed by atoms with Gasteiger partial charge in [0, 0.05) is 6.26 Å². The first-order valence-electron chi connectivity index (χ1n) is 4.95. The number of phosphoric acid groups is 1. The predicted octanol–water partition coefficient (Wildman–Crippen LogP) is -1.61. The molecule has 1 heterocycles. The summed E-state index contributed by atoms with van der Waals surface area (Å²) in [6.45, 7) is 1.77. The first-order chi connectivity index (χ1) is 7.52. The highest BCUT2D eigenvalue weighted by Gasteiger charge is 2.27. The molecule has 0 radical (unpaired) electrons. The maximum atomic E-state index is 11.1. The maximum absolute atomic E-state index is 11.1. The van der Waals surface area contributed by atoms with E-state index in [1.807, 2.05) is 0 Å². The van der Waals surface area contributed by atoms with Gasteiger partial charge in [0.1, 0.15) is 5.37 Å². The lowest BCUT2D eigenvalue weighted by Crippen LogP contribution is -2.42. The minimum absolute atomic E-state index is 0.140. The number of sulfone groups is 1. The molecule has 10 heteroatoms. The molecular weight excluding hydrogens is 271 g/mol. The van der Waals surface area contributed by atoms with Crippen molar-refractivity contribution in [1.82, 2.24) is 5.32 Å². The number of hydrogen-bond acceptors (Lipinski definition) is 5. The van der Waals surface area contributed by atoms with E-state index in [1.165, 1.54) is 6.26 Å². The first-order valence-corrected chi connectivity index (χ1v) is 8.47. The molecule has 1 aliphatic heterocycles. The van der Waals surface area contributed by atoms with Gasteiger partial charge in [0.05, 0.1) is 0 Å². The summed E-state index contributed by atoms with van der Waals surface area (Å²) in [7, 11) is -7.69. The molecule has 1 unspecified atom stereocenters. The van der Waals surface area contributed by atoms with Crippen molar-refractivity contribution in [1.29, 1.82) is 0 Å². The van der Waals surface area contributed by atoms with Gasteiger partial charge in [-0.25, -0.2) is 13.0 Å². The molecule has 0 aromatic rings. The molecule has 8 nitrogen and oxygen atoms in total. The molecule has 104 valence electrons. The summed E-state index contributed by atoms with van der Waals surface area (Å²) in [6.07, 6.45) is 2.95. The lowest BCUT2D eigenvalue weighted by Gasteiger charge is -2.26. The number of nitrogens with one attached hydrogen (secondary N) is 1. The zero-order valence-corrected chi connectivity index (χ0v) is 11.2. The van der Waals surface area contributed by atoms with Gasteiger partial charge in [0.15, 0.2) is 9.84 Å². The van der Waals surface area contributed by atoms with Crippen molar-refractivity contribution >= 4 is 17.7 Å². The van der Waals surface area contributed by atoms with E-state index >= 15 is 0 Å². The third-order valence-corrected chi connectivity index (χ3v) is 3.72. The largest absolute Gasteiger partial charge is 0.466 e. The number of hydrogen-bond donors (Lipinski definition) is 5. The molecular formula is C7H19N2O6PS. The molecule has 6 N–H and O–H groups in total. The topological polar surface area (TPSA) is 150 Å². The smallest absolute Gasteiger partial charge is 0.317 e. The average Bonchev–Trinajstić information content (AvgIpc) is 2.14. The van der Waals surface area contributed by atoms with E-state index in [1.54, 1.807) is 0 Å². The Morgan fingerprint density at radius 2 is 1.65 bits per heavy atom. The molecule has 1 saturated heterocycles. The minimum atomic E-state index is -4.64. The summed E-state index contributed by atoms with van der Waals surface area (Å²) >= 11 is 0. The van der Waals surface area contributed by atoms with Gasteiger partial charge < -0.3 is 25.7 Å². The van der Waals surface area contributed by atoms with Gasteiger partial charge in [0.2, 0.25) is 0 Å². The molecule has 0 spiro atoms. The summed E-state index contributed by atoms with van der Waals surface area (Å²) in [6, 6.07) is 0. The van der Waals surface area contributed by atoms with Crippen LogP contribution in [0.5, 0.6) is 0 Å². The van der Waals surface area contributed by atoms with Crippen LogP contribution in [0, 0.1) is 5.92 Å². The molecule has 0 aromatic carbocycles. The normalized spacial score (nSPS) is 20.3. The molecule has 0 aromatic heterocycles. The lowest BCUT2D eigenvalue weighted by atomic mass is 9.98. The zero-order valence-electron chi connectivity index (χ0n) is 9.48. The average molecular weight is 290 g/mol. The van der Waals surface area contributed by atoms with E-state index in [4.69, 9.17) is 25.0 Å². The van der Waals surface area contributed by atoms with E-state index in [9.17, 15) is 8.42 Å². The van der Waals surface area contributed by atoms with Crippen LogP contribution in [0.4, 0.5) is 0 Å². The monoisotopic (exact) mass is 290 g/mol. The Morgan fingerprint density at radius 3 is 1.94 bits per heavy atom. The minimum Gasteiger partial charge on any atom is -0.317 e. The van der Waals surface area contributed by atoms with Crippen LogP contribution in [-0.4, -0.2) is 47.8 Å². The van der Waals surface area contributed by atoms with Crippen LogP contribution in [-0.2, 0) is 14.4 Å². The SMILES string of the molecule is CS(=O)(=O)C(N)C1CCNCC1.O=P(O)(O)O. The maximum Gasteiger partial charge on any atom is 0.466 e. The van der Waals surface area contributed by atoms with Gasteiger partial charge >= 0.3 is 7.82 Å². The predicted molar refractivity (Wildman–Crippen MR) is 62.7 cm³/mol. The molecule has 17 heavy (non-hydrogen) atoms. The Hall–Kier alpha value is -0.0200. The van der Waals surface area contributed by atoms with Gasteiger partial charge in [-0.15, -0.1) is 0 Å². The van der Waals surface area contributed by atoms with Gasteiger partial charge in [0.25, 0.3) is 0 Å². The van der Waals surface area contributed by atoms with Crippen LogP contribution in [0.25, 0.3) is 0 Å². The fourth-order valence-corrected chi connectivity index (χ4v) is 2.49. The van der Waals surface area contributed by atoms with Crippen molar-refractivity contribution in [3.8, 4) is 0 Å². The highest BCUT2D eigenvalue weighted by atomic mass is 32.2. The molecule has 0 bridgehead atoms. The van der Waals surface area contributed by atoms with Crippen LogP contribution in [0.3, 0.4) is 0 Å². The summed E-state index contributed by atoms with van der Waals surface area (Å²) in [5, 5.41) is 2.50. The Bertz CT molecular complexity index is 352. The van der Waals surface area contributed by atoms with E-state index in [2.05, 4.69) is 5.32 Å². The second-order valence-corrected chi connectivity index (χ2v) is 7.12. The second kappa shape index (κ2) is 6.79. The van der Waals surface area contributed by atoms with Gasteiger partial charge in [-0.2, -0.15) is 0 Å². The van der Waals surface area contributed by atoms with Gasteiger partial charge in [-0.3, -0.25) is 0 Å². The summed E-state index contributed by atoms with van der Waals surface area (Å²) in [5.74, 6) is 0.140. The fourth-order valence-electron chi connectivity index (χ4n) is 1.52. The van der Waals surface area contributed by atoms with E-state index < -0.39 is 23.0 Å². The van der Waals surface area contributed by atoms with E-state index in [-0.39, 0.29) is 5.92 Å². The standard InChI is InChI=1S/C7H16N2O2S.H3O4P/c1-12(10,11)7(8)6-2-4-9-5-3-6;1-5(2,3)4/h6-7,9H,2-5,8H2,1H3;(H3,1,2,3,4). The van der Waals surface area contributed by atoms with Crippen molar-refractivity contribution < 1.29 is 27.7 Å². The molecule has 1 fully saturated rings. The Kier molecular flexibility index (Phi) is 6.78. The van der Waals surface area contributed by atoms with Crippen LogP contribution in [0.2, 0.25) is 0 Å². The van der Waals surface area contributed by atoms with E-state index in [0.717, 1.165) is 25.9 Å². The van der Waals surface area contributed by atoms with Crippen LogP contribution in [0.1, 0.15) is 12.8 Å². The molecule has 0 amide bonds. The third kappa shape index (κ3) is 9.66. The van der Waals surface area contributed by atoms with Crippen molar-refractivity contribution in [2.45, 2.75) is 18.2 Å².